The van der Waals surface area contributed by atoms with E-state index in [1.165, 1.54) is 13.3 Å². The molecule has 2 heterocycles. The van der Waals surface area contributed by atoms with Crippen molar-refractivity contribution in [1.29, 1.82) is 0 Å². The van der Waals surface area contributed by atoms with Gasteiger partial charge in [0.1, 0.15) is 0 Å². The largest absolute Gasteiger partial charge is 0.469 e. The number of aryl methyl sites for hydroxylation is 1. The molecular weight excluding hydrogens is 358 g/mol. The number of methoxy groups -OCH3 is 1. The Hall–Kier alpha value is -2.93. The lowest BCUT2D eigenvalue weighted by atomic mass is 10.0. The van der Waals surface area contributed by atoms with Gasteiger partial charge < -0.3 is 14.6 Å². The number of carbonyl (C=O) groups is 2. The first kappa shape index (κ1) is 17.9. The molecule has 1 amide bonds. The highest BCUT2D eigenvalue weighted by Crippen LogP contribution is 2.26. The number of fused-ring (bicyclic) bond motifs is 1. The molecule has 1 N–H and O–H groups in total. The highest BCUT2D eigenvalue weighted by atomic mass is 35.5. The fraction of sp³-hybridized carbons (Fsp3) is 0.222. The molecule has 0 radical (unpaired) electrons. The fourth-order valence-corrected chi connectivity index (χ4v) is 2.82. The maximum Gasteiger partial charge on any atom is 0.307 e. The van der Waals surface area contributed by atoms with Crippen molar-refractivity contribution < 1.29 is 18.8 Å². The van der Waals surface area contributed by atoms with Gasteiger partial charge in [-0.25, -0.2) is 4.98 Å². The Bertz CT molecular complexity index is 970. The van der Waals surface area contributed by atoms with Crippen molar-refractivity contribution >= 4 is 34.6 Å². The van der Waals surface area contributed by atoms with Crippen LogP contribution in [-0.4, -0.2) is 29.1 Å². The van der Waals surface area contributed by atoms with Crippen LogP contribution in [0.4, 0.5) is 0 Å². The number of hydrogen-bond acceptors (Lipinski definition) is 6. The minimum Gasteiger partial charge on any atom is -0.469 e. The number of esters is 1. The number of pyridine rings is 1. The molecule has 0 saturated carbocycles. The van der Waals surface area contributed by atoms with E-state index in [0.29, 0.717) is 32.9 Å². The first-order valence-corrected chi connectivity index (χ1v) is 8.21. The molecule has 3 rings (SSSR count). The van der Waals surface area contributed by atoms with E-state index in [9.17, 15) is 9.59 Å². The lowest BCUT2D eigenvalue weighted by Crippen LogP contribution is -2.30. The fourth-order valence-electron chi connectivity index (χ4n) is 2.56. The van der Waals surface area contributed by atoms with Gasteiger partial charge in [0, 0.05) is 11.2 Å². The van der Waals surface area contributed by atoms with E-state index < -0.39 is 17.9 Å². The Kier molecular flexibility index (Phi) is 5.18. The molecule has 1 atom stereocenters. The van der Waals surface area contributed by atoms with Crippen LogP contribution >= 0.6 is 11.6 Å². The number of halogens is 1. The summed E-state index contributed by atoms with van der Waals surface area (Å²) in [6.07, 6.45) is 1.35. The number of aromatic nitrogens is 2. The molecule has 134 valence electrons. The minimum atomic E-state index is -0.636. The third-order valence-corrected chi connectivity index (χ3v) is 4.30. The SMILES string of the molecule is COC(=O)CC(NC(=O)c1cnc2onc(C)c2c1)c1ccccc1Cl. The third kappa shape index (κ3) is 3.67. The van der Waals surface area contributed by atoms with Crippen molar-refractivity contribution in [2.45, 2.75) is 19.4 Å². The summed E-state index contributed by atoms with van der Waals surface area (Å²) in [5.41, 5.74) is 1.95. The van der Waals surface area contributed by atoms with E-state index in [1.807, 2.05) is 0 Å². The lowest BCUT2D eigenvalue weighted by Gasteiger charge is -2.19. The smallest absolute Gasteiger partial charge is 0.307 e. The molecule has 2 aromatic heterocycles. The summed E-state index contributed by atoms with van der Waals surface area (Å²) in [7, 11) is 1.29. The summed E-state index contributed by atoms with van der Waals surface area (Å²) >= 11 is 6.22. The zero-order valence-corrected chi connectivity index (χ0v) is 14.9. The molecule has 0 aliphatic rings. The van der Waals surface area contributed by atoms with Crippen LogP contribution < -0.4 is 5.32 Å². The quantitative estimate of drug-likeness (QED) is 0.690. The Morgan fingerprint density at radius 1 is 1.35 bits per heavy atom. The monoisotopic (exact) mass is 373 g/mol. The van der Waals surface area contributed by atoms with E-state index in [2.05, 4.69) is 15.5 Å². The van der Waals surface area contributed by atoms with E-state index in [1.54, 1.807) is 37.3 Å². The van der Waals surface area contributed by atoms with Crippen molar-refractivity contribution in [3.63, 3.8) is 0 Å². The first-order valence-electron chi connectivity index (χ1n) is 7.83. The van der Waals surface area contributed by atoms with Gasteiger partial charge in [0.25, 0.3) is 11.6 Å². The second kappa shape index (κ2) is 7.53. The van der Waals surface area contributed by atoms with Crippen molar-refractivity contribution in [2.75, 3.05) is 7.11 Å². The van der Waals surface area contributed by atoms with E-state index in [0.717, 1.165) is 0 Å². The van der Waals surface area contributed by atoms with E-state index in [4.69, 9.17) is 20.9 Å². The molecule has 0 saturated heterocycles. The predicted octanol–water partition coefficient (Wildman–Crippen LogP) is 3.22. The predicted molar refractivity (Wildman–Crippen MR) is 94.8 cm³/mol. The Morgan fingerprint density at radius 2 is 2.12 bits per heavy atom. The highest BCUT2D eigenvalue weighted by Gasteiger charge is 2.22. The zero-order chi connectivity index (χ0) is 18.7. The van der Waals surface area contributed by atoms with Crippen molar-refractivity contribution in [1.82, 2.24) is 15.5 Å². The number of rotatable bonds is 5. The van der Waals surface area contributed by atoms with Crippen molar-refractivity contribution in [3.8, 4) is 0 Å². The number of carbonyl (C=O) groups excluding carboxylic acids is 2. The molecule has 7 nitrogen and oxygen atoms in total. The average Bonchev–Trinajstić information content (AvgIpc) is 3.02. The Morgan fingerprint density at radius 3 is 2.85 bits per heavy atom. The van der Waals surface area contributed by atoms with Gasteiger partial charge >= 0.3 is 5.97 Å². The maximum absolute atomic E-state index is 12.7. The summed E-state index contributed by atoms with van der Waals surface area (Å²) in [4.78, 5) is 28.5. The molecule has 1 unspecified atom stereocenters. The number of benzene rings is 1. The van der Waals surface area contributed by atoms with Crippen LogP contribution in [0.25, 0.3) is 11.1 Å². The van der Waals surface area contributed by atoms with Crippen LogP contribution in [0.3, 0.4) is 0 Å². The van der Waals surface area contributed by atoms with Crippen LogP contribution in [0, 0.1) is 6.92 Å². The van der Waals surface area contributed by atoms with Gasteiger partial charge in [0.15, 0.2) is 0 Å². The van der Waals surface area contributed by atoms with Crippen molar-refractivity contribution in [2.24, 2.45) is 0 Å². The molecule has 8 heteroatoms. The van der Waals surface area contributed by atoms with E-state index in [-0.39, 0.29) is 6.42 Å². The average molecular weight is 374 g/mol. The molecular formula is C18H16ClN3O4. The Balaban J connectivity index is 1.89. The van der Waals surface area contributed by atoms with Gasteiger partial charge in [-0.1, -0.05) is 35.0 Å². The van der Waals surface area contributed by atoms with Crippen LogP contribution in [0.1, 0.15) is 34.1 Å². The Labute approximate surface area is 154 Å². The first-order chi connectivity index (χ1) is 12.5. The third-order valence-electron chi connectivity index (χ3n) is 3.96. The van der Waals surface area contributed by atoms with Crippen LogP contribution in [-0.2, 0) is 9.53 Å². The van der Waals surface area contributed by atoms with Gasteiger partial charge in [-0.2, -0.15) is 0 Å². The topological polar surface area (TPSA) is 94.3 Å². The van der Waals surface area contributed by atoms with E-state index >= 15 is 0 Å². The molecule has 1 aromatic carbocycles. The van der Waals surface area contributed by atoms with Gasteiger partial charge in [0.2, 0.25) is 0 Å². The number of nitrogens with zero attached hydrogens (tertiary/aromatic N) is 2. The number of nitrogens with one attached hydrogen (secondary N) is 1. The molecule has 0 fully saturated rings. The summed E-state index contributed by atoms with van der Waals surface area (Å²) in [6, 6.07) is 8.01. The molecule has 0 aliphatic carbocycles. The van der Waals surface area contributed by atoms with Gasteiger partial charge in [-0.3, -0.25) is 9.59 Å². The number of amides is 1. The molecule has 3 aromatic rings. The summed E-state index contributed by atoms with van der Waals surface area (Å²) in [5, 5.41) is 7.74. The maximum atomic E-state index is 12.7. The molecule has 0 bridgehead atoms. The molecule has 26 heavy (non-hydrogen) atoms. The van der Waals surface area contributed by atoms with Crippen LogP contribution in [0.5, 0.6) is 0 Å². The van der Waals surface area contributed by atoms with Gasteiger partial charge in [0.05, 0.1) is 36.2 Å². The molecule has 0 aliphatic heterocycles. The number of hydrogen-bond donors (Lipinski definition) is 1. The van der Waals surface area contributed by atoms with Gasteiger partial charge in [-0.05, 0) is 24.6 Å². The normalized spacial score (nSPS) is 12.0. The minimum absolute atomic E-state index is 0.0477. The van der Waals surface area contributed by atoms with Crippen LogP contribution in [0.15, 0.2) is 41.1 Å². The second-order valence-electron chi connectivity index (χ2n) is 5.67. The van der Waals surface area contributed by atoms with Crippen LogP contribution in [0.2, 0.25) is 5.02 Å². The van der Waals surface area contributed by atoms with Crippen molar-refractivity contribution in [3.05, 3.63) is 58.4 Å². The summed E-state index contributed by atoms with van der Waals surface area (Å²) < 4.78 is 9.77. The highest BCUT2D eigenvalue weighted by molar-refractivity contribution is 6.31. The summed E-state index contributed by atoms with van der Waals surface area (Å²) in [6.45, 7) is 1.76. The second-order valence-corrected chi connectivity index (χ2v) is 6.08. The van der Waals surface area contributed by atoms with Gasteiger partial charge in [-0.15, -0.1) is 0 Å². The zero-order valence-electron chi connectivity index (χ0n) is 14.2. The molecule has 0 spiro atoms. The lowest BCUT2D eigenvalue weighted by molar-refractivity contribution is -0.141. The summed E-state index contributed by atoms with van der Waals surface area (Å²) in [5.74, 6) is -0.854. The standard InChI is InChI=1S/C18H16ClN3O4/c1-10-13-7-11(9-20-18(13)26-22-10)17(24)21-15(8-16(23)25-2)12-5-3-4-6-14(12)19/h3-7,9,15H,8H2,1-2H3,(H,21,24). The number of ether oxygens (including phenoxy) is 1.